The number of ether oxygens (including phenoxy) is 1. The van der Waals surface area contributed by atoms with E-state index in [1.807, 2.05) is 37.3 Å². The maximum Gasteiger partial charge on any atom is 0.274 e. The number of aromatic nitrogens is 1. The summed E-state index contributed by atoms with van der Waals surface area (Å²) in [5, 5.41) is 6.96. The molecular formula is C19H16BrClN2O3. The molecule has 1 N–H and O–H groups in total. The van der Waals surface area contributed by atoms with Crippen molar-refractivity contribution in [2.45, 2.75) is 13.5 Å². The van der Waals surface area contributed by atoms with Crippen LogP contribution in [0.2, 0.25) is 5.02 Å². The predicted octanol–water partition coefficient (Wildman–Crippen LogP) is 5.09. The predicted molar refractivity (Wildman–Crippen MR) is 103 cm³/mol. The molecule has 134 valence electrons. The van der Waals surface area contributed by atoms with Gasteiger partial charge in [-0.15, -0.1) is 0 Å². The number of nitrogens with zero attached hydrogens (tertiary/aromatic N) is 1. The molecule has 0 atom stereocenters. The summed E-state index contributed by atoms with van der Waals surface area (Å²) in [6.07, 6.45) is 0. The molecule has 0 fully saturated rings. The van der Waals surface area contributed by atoms with Gasteiger partial charge in [0.2, 0.25) is 0 Å². The van der Waals surface area contributed by atoms with Crippen LogP contribution in [0.15, 0.2) is 57.5 Å². The quantitative estimate of drug-likeness (QED) is 0.586. The van der Waals surface area contributed by atoms with Crippen molar-refractivity contribution < 1.29 is 14.1 Å². The lowest BCUT2D eigenvalue weighted by Crippen LogP contribution is -2.23. The zero-order chi connectivity index (χ0) is 18.5. The number of amides is 1. The van der Waals surface area contributed by atoms with E-state index in [-0.39, 0.29) is 11.6 Å². The Labute approximate surface area is 164 Å². The van der Waals surface area contributed by atoms with E-state index in [4.69, 9.17) is 20.9 Å². The van der Waals surface area contributed by atoms with Crippen LogP contribution in [0.5, 0.6) is 5.75 Å². The van der Waals surface area contributed by atoms with E-state index in [1.165, 1.54) is 0 Å². The van der Waals surface area contributed by atoms with Crippen molar-refractivity contribution in [1.29, 1.82) is 0 Å². The van der Waals surface area contributed by atoms with Gasteiger partial charge < -0.3 is 14.6 Å². The number of rotatable bonds is 6. The van der Waals surface area contributed by atoms with Crippen molar-refractivity contribution in [3.8, 4) is 17.1 Å². The third kappa shape index (κ3) is 4.08. The third-order valence-corrected chi connectivity index (χ3v) is 4.65. The molecule has 0 spiro atoms. The topological polar surface area (TPSA) is 64.4 Å². The Morgan fingerprint density at radius 3 is 2.73 bits per heavy atom. The van der Waals surface area contributed by atoms with E-state index in [9.17, 15) is 4.79 Å². The van der Waals surface area contributed by atoms with E-state index in [0.717, 1.165) is 5.56 Å². The molecular weight excluding hydrogens is 420 g/mol. The average molecular weight is 436 g/mol. The van der Waals surface area contributed by atoms with Crippen molar-refractivity contribution in [2.24, 2.45) is 0 Å². The highest BCUT2D eigenvalue weighted by Gasteiger charge is 2.21. The van der Waals surface area contributed by atoms with Crippen molar-refractivity contribution in [3.63, 3.8) is 0 Å². The largest absolute Gasteiger partial charge is 0.487 e. The van der Waals surface area contributed by atoms with Crippen LogP contribution in [0.4, 0.5) is 0 Å². The van der Waals surface area contributed by atoms with Gasteiger partial charge in [0.05, 0.1) is 9.50 Å². The monoisotopic (exact) mass is 434 g/mol. The Kier molecular flexibility index (Phi) is 5.96. The summed E-state index contributed by atoms with van der Waals surface area (Å²) in [5.41, 5.74) is 1.94. The highest BCUT2D eigenvalue weighted by atomic mass is 79.9. The van der Waals surface area contributed by atoms with Crippen LogP contribution in [-0.4, -0.2) is 17.6 Å². The zero-order valence-electron chi connectivity index (χ0n) is 14.0. The minimum atomic E-state index is -0.303. The number of carbonyl (C=O) groups is 1. The second kappa shape index (κ2) is 8.38. The molecule has 1 amide bonds. The number of benzene rings is 2. The summed E-state index contributed by atoms with van der Waals surface area (Å²) in [5.74, 6) is 0.699. The zero-order valence-corrected chi connectivity index (χ0v) is 16.3. The summed E-state index contributed by atoms with van der Waals surface area (Å²) in [7, 11) is 0. The Morgan fingerprint density at radius 2 is 2.04 bits per heavy atom. The molecule has 1 aromatic heterocycles. The molecule has 0 saturated carbocycles. The van der Waals surface area contributed by atoms with E-state index < -0.39 is 0 Å². The van der Waals surface area contributed by atoms with Crippen LogP contribution >= 0.6 is 27.5 Å². The first-order valence-corrected chi connectivity index (χ1v) is 9.17. The van der Waals surface area contributed by atoms with Crippen molar-refractivity contribution in [3.05, 3.63) is 69.3 Å². The number of nitrogens with one attached hydrogen (secondary N) is 1. The lowest BCUT2D eigenvalue weighted by atomic mass is 10.1. The van der Waals surface area contributed by atoms with Gasteiger partial charge in [0.25, 0.3) is 5.91 Å². The van der Waals surface area contributed by atoms with Crippen LogP contribution in [-0.2, 0) is 6.61 Å². The number of carbonyl (C=O) groups excluding carboxylic acids is 1. The Morgan fingerprint density at radius 1 is 1.27 bits per heavy atom. The smallest absolute Gasteiger partial charge is 0.274 e. The number of halogens is 2. The normalized spacial score (nSPS) is 10.6. The summed E-state index contributed by atoms with van der Waals surface area (Å²) in [4.78, 5) is 11.9. The lowest BCUT2D eigenvalue weighted by Gasteiger charge is -2.09. The van der Waals surface area contributed by atoms with Gasteiger partial charge in [-0.3, -0.25) is 4.79 Å². The van der Waals surface area contributed by atoms with Gasteiger partial charge in [0, 0.05) is 12.1 Å². The second-order valence-electron chi connectivity index (χ2n) is 5.45. The minimum Gasteiger partial charge on any atom is -0.487 e. The van der Waals surface area contributed by atoms with Gasteiger partial charge in [-0.25, -0.2) is 0 Å². The first-order chi connectivity index (χ1) is 12.6. The van der Waals surface area contributed by atoms with E-state index in [1.54, 1.807) is 18.2 Å². The molecule has 0 bridgehead atoms. The van der Waals surface area contributed by atoms with Gasteiger partial charge in [0.15, 0.2) is 11.5 Å². The summed E-state index contributed by atoms with van der Waals surface area (Å²) in [6, 6.07) is 15.1. The summed E-state index contributed by atoms with van der Waals surface area (Å²) < 4.78 is 11.6. The summed E-state index contributed by atoms with van der Waals surface area (Å²) >= 11 is 9.71. The fourth-order valence-corrected chi connectivity index (χ4v) is 3.13. The van der Waals surface area contributed by atoms with Crippen molar-refractivity contribution in [1.82, 2.24) is 10.5 Å². The molecule has 0 radical (unpaired) electrons. The molecule has 1 heterocycles. The van der Waals surface area contributed by atoms with E-state index in [2.05, 4.69) is 26.4 Å². The molecule has 26 heavy (non-hydrogen) atoms. The molecule has 5 nitrogen and oxygen atoms in total. The Hall–Kier alpha value is -2.31. The van der Waals surface area contributed by atoms with E-state index >= 15 is 0 Å². The molecule has 0 aliphatic heterocycles. The number of hydrogen-bond acceptors (Lipinski definition) is 4. The second-order valence-corrected chi connectivity index (χ2v) is 6.65. The molecule has 0 unspecified atom stereocenters. The SMILES string of the molecule is CCNC(=O)c1noc(-c2ccc(OCc3ccccc3)c(Cl)c2)c1Br. The molecule has 2 aromatic carbocycles. The fourth-order valence-electron chi connectivity index (χ4n) is 2.34. The average Bonchev–Trinajstić information content (AvgIpc) is 3.03. The van der Waals surface area contributed by atoms with Crippen molar-refractivity contribution >= 4 is 33.4 Å². The fraction of sp³-hybridized carbons (Fsp3) is 0.158. The van der Waals surface area contributed by atoms with Gasteiger partial charge in [-0.2, -0.15) is 0 Å². The van der Waals surface area contributed by atoms with Gasteiger partial charge in [0.1, 0.15) is 12.4 Å². The van der Waals surface area contributed by atoms with Gasteiger partial charge in [-0.05, 0) is 46.6 Å². The first kappa shape index (κ1) is 18.5. The molecule has 0 aliphatic rings. The lowest BCUT2D eigenvalue weighted by molar-refractivity contribution is 0.0946. The van der Waals surface area contributed by atoms with Crippen LogP contribution in [0, 0.1) is 0 Å². The number of hydrogen-bond donors (Lipinski definition) is 1. The highest BCUT2D eigenvalue weighted by Crippen LogP contribution is 2.35. The van der Waals surface area contributed by atoms with Crippen LogP contribution in [0.3, 0.4) is 0 Å². The molecule has 3 aromatic rings. The van der Waals surface area contributed by atoms with E-state index in [0.29, 0.717) is 39.7 Å². The summed E-state index contributed by atoms with van der Waals surface area (Å²) in [6.45, 7) is 2.76. The van der Waals surface area contributed by atoms with Crippen LogP contribution in [0.1, 0.15) is 23.0 Å². The Balaban J connectivity index is 1.78. The van der Waals surface area contributed by atoms with Crippen molar-refractivity contribution in [2.75, 3.05) is 6.54 Å². The molecule has 3 rings (SSSR count). The first-order valence-electron chi connectivity index (χ1n) is 8.00. The molecule has 0 saturated heterocycles. The standard InChI is InChI=1S/C19H16BrClN2O3/c1-2-22-19(24)17-16(20)18(26-23-17)13-8-9-15(14(21)10-13)25-11-12-6-4-3-5-7-12/h3-10H,2,11H2,1H3,(H,22,24). The minimum absolute atomic E-state index is 0.197. The molecule has 7 heteroatoms. The third-order valence-electron chi connectivity index (χ3n) is 3.62. The maximum absolute atomic E-state index is 11.9. The highest BCUT2D eigenvalue weighted by molar-refractivity contribution is 9.10. The maximum atomic E-state index is 11.9. The Bertz CT molecular complexity index is 912. The van der Waals surface area contributed by atoms with Crippen LogP contribution < -0.4 is 10.1 Å². The van der Waals surface area contributed by atoms with Gasteiger partial charge in [-0.1, -0.05) is 47.1 Å². The van der Waals surface area contributed by atoms with Crippen LogP contribution in [0.25, 0.3) is 11.3 Å². The van der Waals surface area contributed by atoms with Gasteiger partial charge >= 0.3 is 0 Å². The molecule has 0 aliphatic carbocycles.